The predicted molar refractivity (Wildman–Crippen MR) is 144 cm³/mol. The van der Waals surface area contributed by atoms with Gasteiger partial charge in [0.1, 0.15) is 18.5 Å². The van der Waals surface area contributed by atoms with Crippen molar-refractivity contribution in [3.63, 3.8) is 0 Å². The summed E-state index contributed by atoms with van der Waals surface area (Å²) in [5.41, 5.74) is 2.04. The number of carbonyl (C=O) groups is 1. The SMILES string of the molecule is CC.CC#CCC(C)C(O)/C=C/C1C2c3cccc(CCCC(=O)OCOCCO[N+](=O)[O-])c3OC2C[C@@H]1O. The first-order valence-corrected chi connectivity index (χ1v) is 13.5. The van der Waals surface area contributed by atoms with Gasteiger partial charge in [0.25, 0.3) is 5.09 Å². The first-order chi connectivity index (χ1) is 18.8. The number of esters is 1. The Bertz CT molecular complexity index is 1020. The van der Waals surface area contributed by atoms with Crippen LogP contribution in [0, 0.1) is 33.8 Å². The van der Waals surface area contributed by atoms with Gasteiger partial charge in [-0.1, -0.05) is 51.1 Å². The highest BCUT2D eigenvalue weighted by molar-refractivity contribution is 5.69. The van der Waals surface area contributed by atoms with E-state index in [4.69, 9.17) is 14.2 Å². The van der Waals surface area contributed by atoms with Crippen LogP contribution in [0.1, 0.15) is 70.4 Å². The fraction of sp³-hybridized carbons (Fsp3) is 0.621. The number of nitrogens with zero attached hydrogens (tertiary/aromatic N) is 1. The lowest BCUT2D eigenvalue weighted by molar-refractivity contribution is -0.758. The molecule has 0 radical (unpaired) electrons. The van der Waals surface area contributed by atoms with E-state index in [9.17, 15) is 25.1 Å². The van der Waals surface area contributed by atoms with Crippen LogP contribution in [-0.4, -0.2) is 59.6 Å². The Morgan fingerprint density at radius 2 is 2.10 bits per heavy atom. The zero-order valence-corrected chi connectivity index (χ0v) is 23.2. The number of para-hydroxylation sites is 1. The van der Waals surface area contributed by atoms with Crippen LogP contribution < -0.4 is 4.74 Å². The van der Waals surface area contributed by atoms with Crippen LogP contribution >= 0.6 is 0 Å². The van der Waals surface area contributed by atoms with E-state index < -0.39 is 23.3 Å². The molecule has 0 saturated heterocycles. The Morgan fingerprint density at radius 3 is 2.82 bits per heavy atom. The van der Waals surface area contributed by atoms with Gasteiger partial charge in [0.2, 0.25) is 0 Å². The summed E-state index contributed by atoms with van der Waals surface area (Å²) in [6, 6.07) is 5.96. The average Bonchev–Trinajstić information content (AvgIpc) is 3.43. The van der Waals surface area contributed by atoms with Gasteiger partial charge in [0, 0.05) is 36.7 Å². The number of ether oxygens (including phenoxy) is 3. The second-order valence-electron chi connectivity index (χ2n) is 9.33. The Kier molecular flexibility index (Phi) is 13.8. The van der Waals surface area contributed by atoms with Crippen molar-refractivity contribution in [3.8, 4) is 17.6 Å². The maximum Gasteiger partial charge on any atom is 0.307 e. The van der Waals surface area contributed by atoms with Crippen LogP contribution in [0.5, 0.6) is 5.75 Å². The first kappa shape index (κ1) is 32.1. The van der Waals surface area contributed by atoms with Crippen LogP contribution in [0.15, 0.2) is 30.4 Å². The number of aliphatic hydroxyl groups excluding tert-OH is 2. The van der Waals surface area contributed by atoms with E-state index >= 15 is 0 Å². The van der Waals surface area contributed by atoms with Crippen molar-refractivity contribution in [2.24, 2.45) is 11.8 Å². The van der Waals surface area contributed by atoms with Crippen molar-refractivity contribution in [3.05, 3.63) is 51.6 Å². The largest absolute Gasteiger partial charge is 0.489 e. The molecular formula is C29H41NO9. The van der Waals surface area contributed by atoms with E-state index in [1.807, 2.05) is 45.0 Å². The van der Waals surface area contributed by atoms with E-state index in [1.165, 1.54) is 0 Å². The topological polar surface area (TPSA) is 138 Å². The summed E-state index contributed by atoms with van der Waals surface area (Å²) >= 11 is 0. The molecular weight excluding hydrogens is 506 g/mol. The minimum atomic E-state index is -0.915. The van der Waals surface area contributed by atoms with Crippen molar-refractivity contribution in [1.82, 2.24) is 0 Å². The molecule has 0 amide bonds. The molecule has 5 unspecified atom stereocenters. The van der Waals surface area contributed by atoms with Crippen molar-refractivity contribution in [2.45, 2.75) is 84.0 Å². The highest BCUT2D eigenvalue weighted by Crippen LogP contribution is 2.52. The number of benzene rings is 1. The maximum atomic E-state index is 11.9. The normalized spacial score (nSPS) is 22.3. The van der Waals surface area contributed by atoms with Crippen LogP contribution in [0.4, 0.5) is 0 Å². The molecule has 1 fully saturated rings. The molecule has 0 bridgehead atoms. The predicted octanol–water partition coefficient (Wildman–Crippen LogP) is 3.95. The van der Waals surface area contributed by atoms with Crippen LogP contribution in [0.25, 0.3) is 0 Å². The van der Waals surface area contributed by atoms with E-state index in [-0.39, 0.29) is 50.3 Å². The Labute approximate surface area is 230 Å². The molecule has 1 aliphatic heterocycles. The molecule has 10 nitrogen and oxygen atoms in total. The van der Waals surface area contributed by atoms with Crippen molar-refractivity contribution < 1.29 is 39.1 Å². The number of hydrogen-bond donors (Lipinski definition) is 2. The summed E-state index contributed by atoms with van der Waals surface area (Å²) in [6.07, 6.45) is 4.84. The van der Waals surface area contributed by atoms with Gasteiger partial charge in [-0.05, 0) is 31.2 Å². The number of carbonyl (C=O) groups excluding carboxylic acids is 1. The quantitative estimate of drug-likeness (QED) is 0.0674. The number of rotatable bonds is 14. The molecule has 0 spiro atoms. The number of hydrogen-bond acceptors (Lipinski definition) is 9. The lowest BCUT2D eigenvalue weighted by Crippen LogP contribution is -2.19. The minimum Gasteiger partial charge on any atom is -0.489 e. The summed E-state index contributed by atoms with van der Waals surface area (Å²) in [5, 5.41) is 30.3. The second-order valence-corrected chi connectivity index (χ2v) is 9.33. The number of aryl methyl sites for hydroxylation is 1. The molecule has 6 atom stereocenters. The number of fused-ring (bicyclic) bond motifs is 3. The van der Waals surface area contributed by atoms with Crippen molar-refractivity contribution >= 4 is 5.97 Å². The summed E-state index contributed by atoms with van der Waals surface area (Å²) in [7, 11) is 0. The highest BCUT2D eigenvalue weighted by atomic mass is 17.0. The van der Waals surface area contributed by atoms with Crippen molar-refractivity contribution in [2.75, 3.05) is 20.0 Å². The summed E-state index contributed by atoms with van der Waals surface area (Å²) < 4.78 is 16.2. The monoisotopic (exact) mass is 547 g/mol. The van der Waals surface area contributed by atoms with Gasteiger partial charge < -0.3 is 29.3 Å². The zero-order valence-electron chi connectivity index (χ0n) is 23.2. The Hall–Kier alpha value is -3.13. The molecule has 2 aliphatic rings. The van der Waals surface area contributed by atoms with Crippen LogP contribution in [-0.2, 0) is 25.5 Å². The summed E-state index contributed by atoms with van der Waals surface area (Å²) in [4.78, 5) is 26.1. The first-order valence-electron chi connectivity index (χ1n) is 13.5. The summed E-state index contributed by atoms with van der Waals surface area (Å²) in [6.45, 7) is 7.16. The highest BCUT2D eigenvalue weighted by Gasteiger charge is 2.48. The molecule has 10 heteroatoms. The Balaban J connectivity index is 0.00000260. The second kappa shape index (κ2) is 16.7. The molecule has 1 aromatic rings. The maximum absolute atomic E-state index is 11.9. The van der Waals surface area contributed by atoms with Gasteiger partial charge in [-0.3, -0.25) is 4.79 Å². The molecule has 1 aliphatic carbocycles. The molecule has 216 valence electrons. The van der Waals surface area contributed by atoms with E-state index in [0.717, 1.165) is 16.9 Å². The lowest BCUT2D eigenvalue weighted by Gasteiger charge is -2.19. The third kappa shape index (κ3) is 9.53. The molecule has 3 rings (SSSR count). The van der Waals surface area contributed by atoms with Gasteiger partial charge in [-0.15, -0.1) is 22.0 Å². The molecule has 2 N–H and O–H groups in total. The molecule has 0 aromatic heterocycles. The smallest absolute Gasteiger partial charge is 0.307 e. The van der Waals surface area contributed by atoms with E-state index in [0.29, 0.717) is 25.7 Å². The minimum absolute atomic E-state index is 0.000501. The molecule has 1 heterocycles. The fourth-order valence-corrected chi connectivity index (χ4v) is 4.81. The zero-order chi connectivity index (χ0) is 28.8. The van der Waals surface area contributed by atoms with Crippen LogP contribution in [0.2, 0.25) is 0 Å². The van der Waals surface area contributed by atoms with Crippen molar-refractivity contribution in [1.29, 1.82) is 0 Å². The van der Waals surface area contributed by atoms with Gasteiger partial charge >= 0.3 is 5.97 Å². The fourth-order valence-electron chi connectivity index (χ4n) is 4.81. The molecule has 1 aromatic carbocycles. The average molecular weight is 548 g/mol. The third-order valence-electron chi connectivity index (χ3n) is 6.76. The Morgan fingerprint density at radius 1 is 1.33 bits per heavy atom. The van der Waals surface area contributed by atoms with E-state index in [2.05, 4.69) is 16.7 Å². The van der Waals surface area contributed by atoms with Gasteiger partial charge in [0.15, 0.2) is 6.79 Å². The van der Waals surface area contributed by atoms with E-state index in [1.54, 1.807) is 13.0 Å². The lowest BCUT2D eigenvalue weighted by atomic mass is 9.86. The molecule has 1 saturated carbocycles. The number of aliphatic hydroxyl groups is 2. The third-order valence-corrected chi connectivity index (χ3v) is 6.76. The standard InChI is InChI=1S/C27H35NO9.C2H6/c1-3-4-7-18(2)22(29)13-12-20-23(30)16-24-26(20)21-10-5-8-19(27(21)37-24)9-6-11-25(31)35-17-34-14-15-36-28(32)33;1-2/h5,8,10,12-13,18,20,22-24,26,29-30H,6-7,9,11,14-17H2,1-2H3;1-2H3/b13-12+;/t18?,20?,22?,23-,24?,26?;/m0./s1. The van der Waals surface area contributed by atoms with Gasteiger partial charge in [-0.2, -0.15) is 0 Å². The molecule has 39 heavy (non-hydrogen) atoms. The van der Waals surface area contributed by atoms with Crippen LogP contribution in [0.3, 0.4) is 0 Å². The van der Waals surface area contributed by atoms with Gasteiger partial charge in [-0.25, -0.2) is 0 Å². The summed E-state index contributed by atoms with van der Waals surface area (Å²) in [5.74, 6) is 6.07. The van der Waals surface area contributed by atoms with Gasteiger partial charge in [0.05, 0.1) is 18.8 Å².